The predicted molar refractivity (Wildman–Crippen MR) is 130 cm³/mol. The molecule has 3 heterocycles. The summed E-state index contributed by atoms with van der Waals surface area (Å²) in [5.74, 6) is 1.57. The minimum absolute atomic E-state index is 0.213. The Morgan fingerprint density at radius 3 is 2.38 bits per heavy atom. The van der Waals surface area contributed by atoms with Crippen LogP contribution >= 0.6 is 15.9 Å². The molecule has 1 atom stereocenters. The van der Waals surface area contributed by atoms with Gasteiger partial charge >= 0.3 is 0 Å². The molecule has 0 fully saturated rings. The van der Waals surface area contributed by atoms with Gasteiger partial charge in [0.05, 0.1) is 25.7 Å². The number of benzene rings is 1. The maximum absolute atomic E-state index is 13.4. The first kappa shape index (κ1) is 24.0. The fourth-order valence-corrected chi connectivity index (χ4v) is 5.02. The average molecular weight is 547 g/mol. The first-order chi connectivity index (χ1) is 16.3. The Balaban J connectivity index is 1.77. The number of hydrogen-bond acceptors (Lipinski definition) is 8. The zero-order chi connectivity index (χ0) is 24.3. The van der Waals surface area contributed by atoms with Gasteiger partial charge in [0.1, 0.15) is 22.9 Å². The van der Waals surface area contributed by atoms with Crippen LogP contribution in [-0.4, -0.2) is 47.6 Å². The smallest absolute Gasteiger partial charge is 0.204 e. The number of aromatic nitrogens is 4. The number of halogens is 1. The Hall–Kier alpha value is -3.18. The molecule has 4 aromatic rings. The zero-order valence-corrected chi connectivity index (χ0v) is 21.2. The van der Waals surface area contributed by atoms with Crippen molar-refractivity contribution in [2.45, 2.75) is 24.3 Å². The molecule has 0 unspecified atom stereocenters. The molecule has 34 heavy (non-hydrogen) atoms. The van der Waals surface area contributed by atoms with Crippen molar-refractivity contribution in [2.75, 3.05) is 14.2 Å². The van der Waals surface area contributed by atoms with Gasteiger partial charge in [-0.25, -0.2) is 8.42 Å². The molecule has 11 heteroatoms. The van der Waals surface area contributed by atoms with Crippen LogP contribution in [0.5, 0.6) is 11.5 Å². The number of para-hydroxylation sites is 1. The molecular weight excluding hydrogens is 524 g/mol. The van der Waals surface area contributed by atoms with Crippen LogP contribution in [0.25, 0.3) is 17.3 Å². The van der Waals surface area contributed by atoms with E-state index in [0.29, 0.717) is 34.5 Å². The number of furan rings is 1. The molecule has 0 aliphatic rings. The minimum atomic E-state index is -3.63. The number of nitrogens with zero attached hydrogens (tertiary/aromatic N) is 4. The van der Waals surface area contributed by atoms with Crippen molar-refractivity contribution in [1.82, 2.24) is 19.7 Å². The van der Waals surface area contributed by atoms with E-state index in [9.17, 15) is 8.42 Å². The van der Waals surface area contributed by atoms with Crippen LogP contribution < -0.4 is 9.47 Å². The monoisotopic (exact) mass is 546 g/mol. The third kappa shape index (κ3) is 4.85. The van der Waals surface area contributed by atoms with E-state index in [1.54, 1.807) is 54.1 Å². The summed E-state index contributed by atoms with van der Waals surface area (Å²) >= 11 is 3.34. The van der Waals surface area contributed by atoms with Crippen LogP contribution in [-0.2, 0) is 22.0 Å². The first-order valence-electron chi connectivity index (χ1n) is 10.4. The summed E-state index contributed by atoms with van der Waals surface area (Å²) in [6, 6.07) is 12.4. The quantitative estimate of drug-likeness (QED) is 0.306. The third-order valence-corrected chi connectivity index (χ3v) is 7.85. The fourth-order valence-electron chi connectivity index (χ4n) is 3.53. The van der Waals surface area contributed by atoms with Gasteiger partial charge in [-0.1, -0.05) is 6.07 Å². The lowest BCUT2D eigenvalue weighted by Crippen LogP contribution is -2.24. The Labute approximate surface area is 205 Å². The summed E-state index contributed by atoms with van der Waals surface area (Å²) in [5.41, 5.74) is 1.17. The van der Waals surface area contributed by atoms with Crippen molar-refractivity contribution in [3.05, 3.63) is 70.9 Å². The highest BCUT2D eigenvalue weighted by Crippen LogP contribution is 2.36. The number of sulfone groups is 1. The molecule has 4 rings (SSSR count). The van der Waals surface area contributed by atoms with Gasteiger partial charge in [-0.2, -0.15) is 0 Å². The van der Waals surface area contributed by atoms with Crippen LogP contribution in [0.2, 0.25) is 0 Å². The lowest BCUT2D eigenvalue weighted by Gasteiger charge is -2.18. The Morgan fingerprint density at radius 2 is 1.79 bits per heavy atom. The molecule has 0 saturated heterocycles. The summed E-state index contributed by atoms with van der Waals surface area (Å²) in [6.45, 7) is 1.66. The molecule has 3 aromatic heterocycles. The minimum Gasteiger partial charge on any atom is -0.494 e. The standard InChI is InChI=1S/C23H23BrN4O5S/c1-15(12-17-10-9-16(24)13-25-17)34(29,30)14-21-26-27-23(20-8-5-11-33-20)28(21)22-18(31-2)6-4-7-19(22)32-3/h4-11,13,15H,12,14H2,1-3H3/t15-/m0/s1. The highest BCUT2D eigenvalue weighted by molar-refractivity contribution is 9.10. The van der Waals surface area contributed by atoms with Gasteiger partial charge in [0.2, 0.25) is 5.82 Å². The number of rotatable bonds is 9. The highest BCUT2D eigenvalue weighted by Gasteiger charge is 2.29. The van der Waals surface area contributed by atoms with Gasteiger partial charge in [0.15, 0.2) is 21.4 Å². The molecule has 0 bridgehead atoms. The van der Waals surface area contributed by atoms with Crippen molar-refractivity contribution in [2.24, 2.45) is 0 Å². The lowest BCUT2D eigenvalue weighted by atomic mass is 10.2. The second-order valence-electron chi connectivity index (χ2n) is 7.55. The first-order valence-corrected chi connectivity index (χ1v) is 12.9. The SMILES string of the molecule is COc1cccc(OC)c1-n1c(CS(=O)(=O)[C@@H](C)Cc2ccc(Br)cn2)nnc1-c1ccco1. The summed E-state index contributed by atoms with van der Waals surface area (Å²) < 4.78 is 45.8. The maximum Gasteiger partial charge on any atom is 0.204 e. The molecule has 0 aliphatic carbocycles. The van der Waals surface area contributed by atoms with E-state index in [0.717, 1.165) is 4.47 Å². The van der Waals surface area contributed by atoms with Crippen molar-refractivity contribution in [3.8, 4) is 28.8 Å². The molecule has 1 aromatic carbocycles. The molecule has 0 aliphatic heterocycles. The predicted octanol–water partition coefficient (Wildman–Crippen LogP) is 4.25. The van der Waals surface area contributed by atoms with E-state index in [4.69, 9.17) is 13.9 Å². The van der Waals surface area contributed by atoms with Gasteiger partial charge in [-0.15, -0.1) is 10.2 Å². The Bertz CT molecular complexity index is 1350. The van der Waals surface area contributed by atoms with Gasteiger partial charge in [0, 0.05) is 22.8 Å². The zero-order valence-electron chi connectivity index (χ0n) is 18.8. The van der Waals surface area contributed by atoms with E-state index in [-0.39, 0.29) is 18.0 Å². The largest absolute Gasteiger partial charge is 0.494 e. The maximum atomic E-state index is 13.4. The molecule has 0 radical (unpaired) electrons. The second-order valence-corrected chi connectivity index (χ2v) is 10.9. The molecule has 178 valence electrons. The van der Waals surface area contributed by atoms with Crippen molar-refractivity contribution < 1.29 is 22.3 Å². The van der Waals surface area contributed by atoms with Crippen molar-refractivity contribution in [3.63, 3.8) is 0 Å². The normalized spacial score (nSPS) is 12.5. The summed E-state index contributed by atoms with van der Waals surface area (Å²) in [7, 11) is -0.581. The van der Waals surface area contributed by atoms with E-state index in [1.165, 1.54) is 20.5 Å². The van der Waals surface area contributed by atoms with Gasteiger partial charge in [-0.3, -0.25) is 9.55 Å². The van der Waals surface area contributed by atoms with Gasteiger partial charge in [-0.05, 0) is 59.3 Å². The third-order valence-electron chi connectivity index (χ3n) is 5.33. The molecular formula is C23H23BrN4O5S. The van der Waals surface area contributed by atoms with Crippen LogP contribution in [0.15, 0.2) is 63.8 Å². The fraction of sp³-hybridized carbons (Fsp3) is 0.261. The van der Waals surface area contributed by atoms with Crippen LogP contribution in [0.4, 0.5) is 0 Å². The molecule has 9 nitrogen and oxygen atoms in total. The Kier molecular flexibility index (Phi) is 7.03. The Morgan fingerprint density at radius 1 is 1.06 bits per heavy atom. The van der Waals surface area contributed by atoms with E-state index < -0.39 is 15.1 Å². The van der Waals surface area contributed by atoms with Gasteiger partial charge < -0.3 is 13.9 Å². The topological polar surface area (TPSA) is 109 Å². The second kappa shape index (κ2) is 9.98. The lowest BCUT2D eigenvalue weighted by molar-refractivity contribution is 0.390. The molecule has 0 amide bonds. The number of hydrogen-bond donors (Lipinski definition) is 0. The van der Waals surface area contributed by atoms with Crippen molar-refractivity contribution in [1.29, 1.82) is 0 Å². The van der Waals surface area contributed by atoms with E-state index in [2.05, 4.69) is 31.1 Å². The van der Waals surface area contributed by atoms with Crippen LogP contribution in [0.1, 0.15) is 18.4 Å². The average Bonchev–Trinajstić information content (AvgIpc) is 3.49. The number of pyridine rings is 1. The van der Waals surface area contributed by atoms with Crippen LogP contribution in [0, 0.1) is 0 Å². The molecule has 0 spiro atoms. The highest BCUT2D eigenvalue weighted by atomic mass is 79.9. The number of ether oxygens (including phenoxy) is 2. The number of methoxy groups -OCH3 is 2. The van der Waals surface area contributed by atoms with Crippen molar-refractivity contribution >= 4 is 25.8 Å². The summed E-state index contributed by atoms with van der Waals surface area (Å²) in [5, 5.41) is 7.78. The van der Waals surface area contributed by atoms with E-state index >= 15 is 0 Å². The van der Waals surface area contributed by atoms with Crippen LogP contribution in [0.3, 0.4) is 0 Å². The van der Waals surface area contributed by atoms with E-state index in [1.807, 2.05) is 6.07 Å². The molecule has 0 N–H and O–H groups in total. The summed E-state index contributed by atoms with van der Waals surface area (Å²) in [6.07, 6.45) is 3.43. The molecule has 0 saturated carbocycles. The van der Waals surface area contributed by atoms with Gasteiger partial charge in [0.25, 0.3) is 0 Å². The summed E-state index contributed by atoms with van der Waals surface area (Å²) in [4.78, 5) is 4.30.